The highest BCUT2D eigenvalue weighted by Crippen LogP contribution is 2.23. The van der Waals surface area contributed by atoms with E-state index in [-0.39, 0.29) is 0 Å². The molecular weight excluding hydrogens is 156 g/mol. The molecule has 12 heavy (non-hydrogen) atoms. The Balaban J connectivity index is 2.32. The maximum Gasteiger partial charge on any atom is 0.258 e. The van der Waals surface area contributed by atoms with Gasteiger partial charge in [-0.15, -0.1) is 0 Å². The van der Waals surface area contributed by atoms with Crippen molar-refractivity contribution in [1.29, 1.82) is 0 Å². The lowest BCUT2D eigenvalue weighted by Gasteiger charge is -1.98. The molecule has 1 aliphatic heterocycles. The van der Waals surface area contributed by atoms with Crippen LogP contribution in [0.4, 0.5) is 0 Å². The van der Waals surface area contributed by atoms with Gasteiger partial charge >= 0.3 is 0 Å². The summed E-state index contributed by atoms with van der Waals surface area (Å²) in [6, 6.07) is 0. The summed E-state index contributed by atoms with van der Waals surface area (Å²) in [6.45, 7) is 1.84. The van der Waals surface area contributed by atoms with Crippen LogP contribution in [0.5, 0.6) is 5.88 Å². The molecule has 0 unspecified atom stereocenters. The molecule has 1 aromatic heterocycles. The van der Waals surface area contributed by atoms with E-state index in [0.717, 1.165) is 37.3 Å². The molecular formula is C8H12N2O2. The minimum absolute atomic E-state index is 0.624. The van der Waals surface area contributed by atoms with Crippen molar-refractivity contribution < 1.29 is 9.26 Å². The van der Waals surface area contributed by atoms with Crippen LogP contribution in [-0.4, -0.2) is 18.8 Å². The quantitative estimate of drug-likeness (QED) is 0.671. The van der Waals surface area contributed by atoms with Crippen LogP contribution in [0.15, 0.2) is 4.52 Å². The molecule has 0 amide bonds. The molecule has 0 atom stereocenters. The van der Waals surface area contributed by atoms with Crippen molar-refractivity contribution in [2.45, 2.75) is 19.4 Å². The Morgan fingerprint density at radius 2 is 2.50 bits per heavy atom. The second-order valence-electron chi connectivity index (χ2n) is 2.87. The number of hydrogen-bond donors (Lipinski definition) is 1. The van der Waals surface area contributed by atoms with Gasteiger partial charge < -0.3 is 14.6 Å². The van der Waals surface area contributed by atoms with Crippen molar-refractivity contribution >= 4 is 0 Å². The van der Waals surface area contributed by atoms with Crippen molar-refractivity contribution in [2.24, 2.45) is 0 Å². The van der Waals surface area contributed by atoms with Gasteiger partial charge in [-0.2, -0.15) is 0 Å². The number of ether oxygens (including phenoxy) is 1. The van der Waals surface area contributed by atoms with E-state index < -0.39 is 0 Å². The molecule has 0 fully saturated rings. The number of methoxy groups -OCH3 is 1. The molecule has 2 heterocycles. The van der Waals surface area contributed by atoms with Gasteiger partial charge in [-0.25, -0.2) is 0 Å². The van der Waals surface area contributed by atoms with Gasteiger partial charge in [-0.1, -0.05) is 0 Å². The summed E-state index contributed by atoms with van der Waals surface area (Å²) in [5.74, 6) is 1.59. The molecule has 0 spiro atoms. The second-order valence-corrected chi connectivity index (χ2v) is 2.87. The van der Waals surface area contributed by atoms with Gasteiger partial charge in [0.15, 0.2) is 0 Å². The fraction of sp³-hybridized carbons (Fsp3) is 0.625. The predicted molar refractivity (Wildman–Crippen MR) is 43.1 cm³/mol. The Hall–Kier alpha value is -1.03. The molecule has 0 saturated heterocycles. The molecule has 4 heteroatoms. The van der Waals surface area contributed by atoms with Crippen LogP contribution >= 0.6 is 0 Å². The van der Waals surface area contributed by atoms with Crippen molar-refractivity contribution in [1.82, 2.24) is 10.5 Å². The van der Waals surface area contributed by atoms with Crippen LogP contribution in [0.3, 0.4) is 0 Å². The lowest BCUT2D eigenvalue weighted by Crippen LogP contribution is -2.12. The van der Waals surface area contributed by atoms with Crippen molar-refractivity contribution in [3.8, 4) is 5.88 Å². The number of nitrogens with one attached hydrogen (secondary N) is 1. The fourth-order valence-corrected chi connectivity index (χ4v) is 1.44. The maximum atomic E-state index is 5.14. The van der Waals surface area contributed by atoms with E-state index in [4.69, 9.17) is 9.26 Å². The highest BCUT2D eigenvalue weighted by atomic mass is 16.5. The topological polar surface area (TPSA) is 47.3 Å². The smallest absolute Gasteiger partial charge is 0.258 e. The van der Waals surface area contributed by atoms with Crippen LogP contribution < -0.4 is 10.1 Å². The van der Waals surface area contributed by atoms with E-state index in [1.54, 1.807) is 7.11 Å². The molecule has 1 aliphatic rings. The number of rotatable bonds is 1. The summed E-state index contributed by atoms with van der Waals surface area (Å²) < 4.78 is 10.2. The second kappa shape index (κ2) is 3.15. The summed E-state index contributed by atoms with van der Waals surface area (Å²) in [4.78, 5) is 0. The first-order valence-corrected chi connectivity index (χ1v) is 4.14. The third-order valence-electron chi connectivity index (χ3n) is 2.09. The van der Waals surface area contributed by atoms with Crippen molar-refractivity contribution in [3.63, 3.8) is 0 Å². The lowest BCUT2D eigenvalue weighted by molar-refractivity contribution is 0.324. The normalized spacial score (nSPS) is 16.8. The van der Waals surface area contributed by atoms with Crippen LogP contribution in [0, 0.1) is 0 Å². The van der Waals surface area contributed by atoms with E-state index in [0.29, 0.717) is 5.88 Å². The minimum atomic E-state index is 0.624. The van der Waals surface area contributed by atoms with Crippen molar-refractivity contribution in [2.75, 3.05) is 13.7 Å². The zero-order valence-electron chi connectivity index (χ0n) is 7.09. The SMILES string of the molecule is COc1noc2c1CNCCC2. The molecule has 0 radical (unpaired) electrons. The molecule has 0 bridgehead atoms. The van der Waals surface area contributed by atoms with Crippen LogP contribution in [-0.2, 0) is 13.0 Å². The summed E-state index contributed by atoms with van der Waals surface area (Å²) in [5, 5.41) is 7.10. The molecule has 66 valence electrons. The lowest BCUT2D eigenvalue weighted by atomic mass is 10.2. The van der Waals surface area contributed by atoms with Crippen LogP contribution in [0.25, 0.3) is 0 Å². The van der Waals surface area contributed by atoms with E-state index in [9.17, 15) is 0 Å². The van der Waals surface area contributed by atoms with Crippen LogP contribution in [0.1, 0.15) is 17.7 Å². The largest absolute Gasteiger partial charge is 0.479 e. The zero-order chi connectivity index (χ0) is 8.39. The van der Waals surface area contributed by atoms with Gasteiger partial charge in [0.1, 0.15) is 5.76 Å². The Morgan fingerprint density at radius 3 is 3.33 bits per heavy atom. The summed E-state index contributed by atoms with van der Waals surface area (Å²) >= 11 is 0. The minimum Gasteiger partial charge on any atom is -0.479 e. The highest BCUT2D eigenvalue weighted by molar-refractivity contribution is 5.28. The van der Waals surface area contributed by atoms with E-state index in [1.807, 2.05) is 0 Å². The summed E-state index contributed by atoms with van der Waals surface area (Å²) in [7, 11) is 1.61. The third-order valence-corrected chi connectivity index (χ3v) is 2.09. The molecule has 0 aromatic carbocycles. The first-order chi connectivity index (χ1) is 5.92. The molecule has 4 nitrogen and oxygen atoms in total. The van der Waals surface area contributed by atoms with Gasteiger partial charge in [0.05, 0.1) is 12.7 Å². The standard InChI is InChI=1S/C8H12N2O2/c1-11-8-6-5-9-4-2-3-7(6)12-10-8/h9H,2-5H2,1H3. The molecule has 1 N–H and O–H groups in total. The van der Waals surface area contributed by atoms with Gasteiger partial charge in [0.2, 0.25) is 0 Å². The predicted octanol–water partition coefficient (Wildman–Crippen LogP) is 0.719. The average molecular weight is 168 g/mol. The van der Waals surface area contributed by atoms with E-state index >= 15 is 0 Å². The number of aryl methyl sites for hydroxylation is 1. The summed E-state index contributed by atoms with van der Waals surface area (Å²) in [6.07, 6.45) is 2.06. The molecule has 2 rings (SSSR count). The maximum absolute atomic E-state index is 5.14. The van der Waals surface area contributed by atoms with Crippen molar-refractivity contribution in [3.05, 3.63) is 11.3 Å². The first kappa shape index (κ1) is 7.61. The Labute approximate surface area is 70.9 Å². The third kappa shape index (κ3) is 1.18. The first-order valence-electron chi connectivity index (χ1n) is 4.14. The van der Waals surface area contributed by atoms with Gasteiger partial charge in [0, 0.05) is 13.0 Å². The Morgan fingerprint density at radius 1 is 1.58 bits per heavy atom. The number of nitrogens with zero attached hydrogens (tertiary/aromatic N) is 1. The average Bonchev–Trinajstić information content (AvgIpc) is 2.33. The fourth-order valence-electron chi connectivity index (χ4n) is 1.44. The zero-order valence-corrected chi connectivity index (χ0v) is 7.09. The summed E-state index contributed by atoms with van der Waals surface area (Å²) in [5.41, 5.74) is 1.08. The molecule has 1 aromatic rings. The highest BCUT2D eigenvalue weighted by Gasteiger charge is 2.17. The Kier molecular flexibility index (Phi) is 1.99. The number of aromatic nitrogens is 1. The van der Waals surface area contributed by atoms with Gasteiger partial charge in [0.25, 0.3) is 5.88 Å². The molecule has 0 aliphatic carbocycles. The van der Waals surface area contributed by atoms with Gasteiger partial charge in [-0.3, -0.25) is 0 Å². The number of hydrogen-bond acceptors (Lipinski definition) is 4. The van der Waals surface area contributed by atoms with E-state index in [2.05, 4.69) is 10.5 Å². The van der Waals surface area contributed by atoms with E-state index in [1.165, 1.54) is 0 Å². The number of fused-ring (bicyclic) bond motifs is 1. The molecule has 0 saturated carbocycles. The monoisotopic (exact) mass is 168 g/mol. The Bertz CT molecular complexity index is 270. The van der Waals surface area contributed by atoms with Crippen LogP contribution in [0.2, 0.25) is 0 Å². The van der Waals surface area contributed by atoms with Gasteiger partial charge in [-0.05, 0) is 18.1 Å².